The minimum absolute atomic E-state index is 0.206. The van der Waals surface area contributed by atoms with Gasteiger partial charge in [-0.15, -0.1) is 0 Å². The summed E-state index contributed by atoms with van der Waals surface area (Å²) in [6.45, 7) is 1.52. The van der Waals surface area contributed by atoms with Gasteiger partial charge in [-0.1, -0.05) is 11.6 Å². The smallest absolute Gasteiger partial charge is 0.135 e. The molecule has 2 N–H and O–H groups in total. The van der Waals surface area contributed by atoms with E-state index in [9.17, 15) is 5.11 Å². The third-order valence-corrected chi connectivity index (χ3v) is 2.63. The highest BCUT2D eigenvalue weighted by Gasteiger charge is 2.08. The molecule has 1 aromatic heterocycles. The van der Waals surface area contributed by atoms with Crippen molar-refractivity contribution in [1.82, 2.24) is 15.1 Å². The average molecular weight is 226 g/mol. The van der Waals surface area contributed by atoms with Crippen LogP contribution in [0, 0.1) is 0 Å². The fourth-order valence-electron chi connectivity index (χ4n) is 1.46. The van der Waals surface area contributed by atoms with Crippen molar-refractivity contribution >= 4 is 22.5 Å². The van der Waals surface area contributed by atoms with E-state index in [1.54, 1.807) is 22.9 Å². The van der Waals surface area contributed by atoms with Crippen LogP contribution in [0.5, 0.6) is 5.75 Å². The normalized spacial score (nSPS) is 11.1. The van der Waals surface area contributed by atoms with Gasteiger partial charge in [-0.25, -0.2) is 0 Å². The van der Waals surface area contributed by atoms with E-state index >= 15 is 0 Å². The van der Waals surface area contributed by atoms with Gasteiger partial charge in [0, 0.05) is 11.9 Å². The Morgan fingerprint density at radius 3 is 3.07 bits per heavy atom. The van der Waals surface area contributed by atoms with Gasteiger partial charge in [-0.3, -0.25) is 4.68 Å². The zero-order valence-corrected chi connectivity index (χ0v) is 9.12. The van der Waals surface area contributed by atoms with Gasteiger partial charge in [0.2, 0.25) is 0 Å². The first-order valence-corrected chi connectivity index (χ1v) is 5.10. The number of aromatic hydroxyl groups is 1. The van der Waals surface area contributed by atoms with Crippen LogP contribution in [0.3, 0.4) is 0 Å². The van der Waals surface area contributed by atoms with Crippen LogP contribution in [-0.4, -0.2) is 28.5 Å². The molecule has 1 heterocycles. The highest BCUT2D eigenvalue weighted by atomic mass is 35.5. The molecule has 0 aliphatic carbocycles. The van der Waals surface area contributed by atoms with E-state index in [-0.39, 0.29) is 5.75 Å². The summed E-state index contributed by atoms with van der Waals surface area (Å²) < 4.78 is 1.72. The quantitative estimate of drug-likeness (QED) is 0.835. The summed E-state index contributed by atoms with van der Waals surface area (Å²) in [6, 6.07) is 4.99. The summed E-state index contributed by atoms with van der Waals surface area (Å²) in [5, 5.41) is 18.0. The molecule has 80 valence electrons. The number of phenols is 1. The highest BCUT2D eigenvalue weighted by molar-refractivity contribution is 6.34. The molecule has 2 rings (SSSR count). The number of nitrogens with one attached hydrogen (secondary N) is 1. The number of phenolic OH excluding ortho intramolecular Hbond substituents is 1. The second-order valence-corrected chi connectivity index (χ2v) is 3.68. The molecule has 15 heavy (non-hydrogen) atoms. The van der Waals surface area contributed by atoms with E-state index in [0.717, 1.165) is 17.4 Å². The van der Waals surface area contributed by atoms with Crippen LogP contribution in [0.25, 0.3) is 10.9 Å². The van der Waals surface area contributed by atoms with Crippen LogP contribution in [0.15, 0.2) is 18.2 Å². The third kappa shape index (κ3) is 1.91. The van der Waals surface area contributed by atoms with Crippen molar-refractivity contribution in [3.63, 3.8) is 0 Å². The van der Waals surface area contributed by atoms with Crippen molar-refractivity contribution in [3.05, 3.63) is 23.4 Å². The number of benzene rings is 1. The Bertz CT molecular complexity index is 481. The van der Waals surface area contributed by atoms with Crippen molar-refractivity contribution in [2.75, 3.05) is 13.6 Å². The van der Waals surface area contributed by atoms with E-state index in [2.05, 4.69) is 10.4 Å². The largest absolute Gasteiger partial charge is 0.508 e. The molecule has 0 bridgehead atoms. The molecular formula is C10H12ClN3O. The summed E-state index contributed by atoms with van der Waals surface area (Å²) in [5.41, 5.74) is 0.800. The lowest BCUT2D eigenvalue weighted by Crippen LogP contribution is -2.15. The topological polar surface area (TPSA) is 50.1 Å². The minimum atomic E-state index is 0.206. The van der Waals surface area contributed by atoms with Gasteiger partial charge in [-0.2, -0.15) is 5.10 Å². The van der Waals surface area contributed by atoms with Crippen LogP contribution in [0.2, 0.25) is 5.15 Å². The van der Waals surface area contributed by atoms with Crippen LogP contribution in [0.1, 0.15) is 0 Å². The van der Waals surface area contributed by atoms with Crippen molar-refractivity contribution < 1.29 is 5.11 Å². The summed E-state index contributed by atoms with van der Waals surface area (Å²) in [6.07, 6.45) is 0. The van der Waals surface area contributed by atoms with Crippen molar-refractivity contribution in [3.8, 4) is 5.75 Å². The van der Waals surface area contributed by atoms with Gasteiger partial charge in [0.25, 0.3) is 0 Å². The number of fused-ring (bicyclic) bond motifs is 1. The first kappa shape index (κ1) is 10.3. The van der Waals surface area contributed by atoms with Crippen molar-refractivity contribution in [2.24, 2.45) is 0 Å². The maximum absolute atomic E-state index is 9.33. The summed E-state index contributed by atoms with van der Waals surface area (Å²) in [4.78, 5) is 0. The van der Waals surface area contributed by atoms with E-state index in [4.69, 9.17) is 11.6 Å². The standard InChI is InChI=1S/C10H12ClN3O/c1-12-4-5-14-10(11)8-6-7(15)2-3-9(8)13-14/h2-3,6,12,15H,4-5H2,1H3. The van der Waals surface area contributed by atoms with Crippen LogP contribution < -0.4 is 5.32 Å². The monoisotopic (exact) mass is 225 g/mol. The molecule has 5 heteroatoms. The Morgan fingerprint density at radius 2 is 2.33 bits per heavy atom. The van der Waals surface area contributed by atoms with Gasteiger partial charge in [-0.05, 0) is 25.2 Å². The Labute approximate surface area is 92.5 Å². The molecule has 4 nitrogen and oxygen atoms in total. The summed E-state index contributed by atoms with van der Waals surface area (Å²) in [7, 11) is 1.88. The average Bonchev–Trinajstić information content (AvgIpc) is 2.53. The fourth-order valence-corrected chi connectivity index (χ4v) is 1.73. The lowest BCUT2D eigenvalue weighted by atomic mass is 10.2. The molecule has 0 aliphatic rings. The van der Waals surface area contributed by atoms with E-state index in [1.807, 2.05) is 7.05 Å². The molecular weight excluding hydrogens is 214 g/mol. The van der Waals surface area contributed by atoms with E-state index in [1.165, 1.54) is 0 Å². The van der Waals surface area contributed by atoms with Gasteiger partial charge in [0.15, 0.2) is 0 Å². The molecule has 0 saturated carbocycles. The lowest BCUT2D eigenvalue weighted by molar-refractivity contribution is 0.476. The molecule has 0 fully saturated rings. The molecule has 0 amide bonds. The molecule has 0 atom stereocenters. The zero-order valence-electron chi connectivity index (χ0n) is 8.37. The number of rotatable bonds is 3. The predicted octanol–water partition coefficient (Wildman–Crippen LogP) is 1.61. The zero-order chi connectivity index (χ0) is 10.8. The molecule has 0 unspecified atom stereocenters. The van der Waals surface area contributed by atoms with E-state index < -0.39 is 0 Å². The van der Waals surface area contributed by atoms with Crippen LogP contribution in [-0.2, 0) is 6.54 Å². The van der Waals surface area contributed by atoms with E-state index in [0.29, 0.717) is 11.7 Å². The molecule has 0 spiro atoms. The number of halogens is 1. The first-order chi connectivity index (χ1) is 7.22. The number of hydrogen-bond acceptors (Lipinski definition) is 3. The Hall–Kier alpha value is -1.26. The SMILES string of the molecule is CNCCn1nc2ccc(O)cc2c1Cl. The highest BCUT2D eigenvalue weighted by Crippen LogP contribution is 2.26. The van der Waals surface area contributed by atoms with Crippen molar-refractivity contribution in [2.45, 2.75) is 6.54 Å². The lowest BCUT2D eigenvalue weighted by Gasteiger charge is -2.00. The minimum Gasteiger partial charge on any atom is -0.508 e. The summed E-state index contributed by atoms with van der Waals surface area (Å²) >= 11 is 6.13. The second kappa shape index (κ2) is 4.08. The third-order valence-electron chi connectivity index (χ3n) is 2.23. The fraction of sp³-hybridized carbons (Fsp3) is 0.300. The predicted molar refractivity (Wildman–Crippen MR) is 60.3 cm³/mol. The molecule has 1 aromatic carbocycles. The maximum Gasteiger partial charge on any atom is 0.135 e. The Morgan fingerprint density at radius 1 is 1.53 bits per heavy atom. The molecule has 0 radical (unpaired) electrons. The molecule has 0 aliphatic heterocycles. The van der Waals surface area contributed by atoms with Crippen molar-refractivity contribution in [1.29, 1.82) is 0 Å². The molecule has 0 saturated heterocycles. The Kier molecular flexibility index (Phi) is 2.79. The van der Waals surface area contributed by atoms with Crippen LogP contribution in [0.4, 0.5) is 0 Å². The van der Waals surface area contributed by atoms with Gasteiger partial charge >= 0.3 is 0 Å². The summed E-state index contributed by atoms with van der Waals surface area (Å²) in [5.74, 6) is 0.206. The van der Waals surface area contributed by atoms with Crippen LogP contribution >= 0.6 is 11.6 Å². The Balaban J connectivity index is 2.45. The number of aromatic nitrogens is 2. The van der Waals surface area contributed by atoms with Gasteiger partial charge < -0.3 is 10.4 Å². The van der Waals surface area contributed by atoms with Gasteiger partial charge in [0.1, 0.15) is 10.9 Å². The number of likely N-dealkylation sites (N-methyl/N-ethyl adjacent to an activating group) is 1. The number of nitrogens with zero attached hydrogens (tertiary/aromatic N) is 2. The second-order valence-electron chi connectivity index (χ2n) is 3.32. The maximum atomic E-state index is 9.33. The first-order valence-electron chi connectivity index (χ1n) is 4.72. The van der Waals surface area contributed by atoms with Gasteiger partial charge in [0.05, 0.1) is 12.1 Å². The number of hydrogen-bond donors (Lipinski definition) is 2. The molecule has 2 aromatic rings.